The Balaban J connectivity index is 2.33. The van der Waals surface area contributed by atoms with E-state index in [2.05, 4.69) is 6.07 Å². The third-order valence-electron chi connectivity index (χ3n) is 2.67. The quantitative estimate of drug-likeness (QED) is 0.354. The smallest absolute Gasteiger partial charge is 0.236 e. The summed E-state index contributed by atoms with van der Waals surface area (Å²) in [4.78, 5) is 11.3. The van der Waals surface area contributed by atoms with Gasteiger partial charge in [-0.05, 0) is 30.9 Å². The first-order valence-electron chi connectivity index (χ1n) is 5.78. The first-order valence-corrected chi connectivity index (χ1v) is 5.78. The number of carbonyl (C=O) groups excluding carboxylic acids is 1. The van der Waals surface area contributed by atoms with Crippen LogP contribution in [-0.2, 0) is 11.2 Å². The fraction of sp³-hybridized carbons (Fsp3) is 0.462. The number of methoxy groups -OCH3 is 1. The van der Waals surface area contributed by atoms with Gasteiger partial charge in [-0.2, -0.15) is 0 Å². The van der Waals surface area contributed by atoms with Crippen molar-refractivity contribution in [2.75, 3.05) is 14.2 Å². The van der Waals surface area contributed by atoms with Crippen molar-refractivity contribution in [3.63, 3.8) is 0 Å². The number of nitrogens with two attached hydrogens (primary N) is 1. The molecule has 0 fully saturated rings. The topological polar surface area (TPSA) is 55.6 Å². The van der Waals surface area contributed by atoms with Crippen molar-refractivity contribution in [3.8, 4) is 5.75 Å². The van der Waals surface area contributed by atoms with Crippen LogP contribution in [0, 0.1) is 0 Å². The molecular weight excluding hydrogens is 216 g/mol. The normalized spacial score (nSPS) is 10.1. The van der Waals surface area contributed by atoms with Crippen molar-refractivity contribution in [3.05, 3.63) is 29.8 Å². The Morgan fingerprint density at radius 2 is 2.06 bits per heavy atom. The zero-order chi connectivity index (χ0) is 12.7. The van der Waals surface area contributed by atoms with Crippen molar-refractivity contribution < 1.29 is 9.53 Å². The molecule has 0 saturated heterocycles. The number of hydrazine groups is 1. The number of hydrogen-bond donors (Lipinski definition) is 1. The van der Waals surface area contributed by atoms with E-state index < -0.39 is 0 Å². The largest absolute Gasteiger partial charge is 0.496 e. The van der Waals surface area contributed by atoms with Crippen molar-refractivity contribution in [2.45, 2.75) is 25.7 Å². The summed E-state index contributed by atoms with van der Waals surface area (Å²) in [6.45, 7) is 0. The Hall–Kier alpha value is -1.55. The van der Waals surface area contributed by atoms with Gasteiger partial charge in [0.25, 0.3) is 0 Å². The molecule has 1 amide bonds. The number of nitrogens with zero attached hydrogens (tertiary/aromatic N) is 1. The number of aryl methyl sites for hydroxylation is 1. The number of para-hydroxylation sites is 1. The summed E-state index contributed by atoms with van der Waals surface area (Å²) >= 11 is 0. The zero-order valence-electron chi connectivity index (χ0n) is 10.5. The van der Waals surface area contributed by atoms with Gasteiger partial charge in [-0.3, -0.25) is 9.80 Å². The molecule has 4 nitrogen and oxygen atoms in total. The Morgan fingerprint density at radius 3 is 2.71 bits per heavy atom. The van der Waals surface area contributed by atoms with Crippen LogP contribution < -0.4 is 10.6 Å². The highest BCUT2D eigenvalue weighted by Crippen LogP contribution is 2.19. The van der Waals surface area contributed by atoms with Crippen LogP contribution in [0.3, 0.4) is 0 Å². The Labute approximate surface area is 102 Å². The van der Waals surface area contributed by atoms with Crippen molar-refractivity contribution >= 4 is 5.91 Å². The van der Waals surface area contributed by atoms with Gasteiger partial charge in [-0.15, -0.1) is 0 Å². The molecule has 0 aliphatic carbocycles. The van der Waals surface area contributed by atoms with Crippen LogP contribution in [-0.4, -0.2) is 25.1 Å². The maximum Gasteiger partial charge on any atom is 0.236 e. The summed E-state index contributed by atoms with van der Waals surface area (Å²) in [5, 5.41) is 1.14. The van der Waals surface area contributed by atoms with Gasteiger partial charge in [0.2, 0.25) is 5.91 Å². The zero-order valence-corrected chi connectivity index (χ0v) is 10.5. The lowest BCUT2D eigenvalue weighted by Crippen LogP contribution is -2.32. The molecule has 0 saturated carbocycles. The molecule has 1 aromatic carbocycles. The van der Waals surface area contributed by atoms with Gasteiger partial charge in [0.15, 0.2) is 0 Å². The standard InChI is InChI=1S/C13H20N2O2/c1-15(14)13(16)10-6-4-8-11-7-3-5-9-12(11)17-2/h3,5,7,9H,4,6,8,10,14H2,1-2H3. The van der Waals surface area contributed by atoms with E-state index in [-0.39, 0.29) is 5.91 Å². The van der Waals surface area contributed by atoms with Crippen LogP contribution in [0.5, 0.6) is 5.75 Å². The molecule has 0 aromatic heterocycles. The summed E-state index contributed by atoms with van der Waals surface area (Å²) in [5.41, 5.74) is 1.18. The van der Waals surface area contributed by atoms with Crippen molar-refractivity contribution in [2.24, 2.45) is 5.84 Å². The van der Waals surface area contributed by atoms with Crippen LogP contribution in [0.4, 0.5) is 0 Å². The number of amides is 1. The second kappa shape index (κ2) is 6.91. The maximum absolute atomic E-state index is 11.3. The van der Waals surface area contributed by atoms with Crippen LogP contribution in [0.2, 0.25) is 0 Å². The Morgan fingerprint density at radius 1 is 1.35 bits per heavy atom. The minimum absolute atomic E-state index is 0.0231. The summed E-state index contributed by atoms with van der Waals surface area (Å²) in [5.74, 6) is 6.23. The molecule has 0 atom stereocenters. The monoisotopic (exact) mass is 236 g/mol. The molecule has 0 radical (unpaired) electrons. The highest BCUT2D eigenvalue weighted by Gasteiger charge is 2.05. The van der Waals surface area contributed by atoms with Gasteiger partial charge >= 0.3 is 0 Å². The van der Waals surface area contributed by atoms with Gasteiger partial charge < -0.3 is 4.74 Å². The minimum Gasteiger partial charge on any atom is -0.496 e. The molecule has 2 N–H and O–H groups in total. The van der Waals surface area contributed by atoms with Gasteiger partial charge in [0.05, 0.1) is 7.11 Å². The first-order chi connectivity index (χ1) is 8.15. The van der Waals surface area contributed by atoms with Gasteiger partial charge in [-0.1, -0.05) is 18.2 Å². The number of unbranched alkanes of at least 4 members (excludes halogenated alkanes) is 1. The highest BCUT2D eigenvalue weighted by molar-refractivity contribution is 5.75. The summed E-state index contributed by atoms with van der Waals surface area (Å²) < 4.78 is 5.27. The van der Waals surface area contributed by atoms with E-state index >= 15 is 0 Å². The van der Waals surface area contributed by atoms with E-state index in [9.17, 15) is 4.79 Å². The predicted octanol–water partition coefficient (Wildman–Crippen LogP) is 1.74. The number of benzene rings is 1. The first kappa shape index (κ1) is 13.5. The van der Waals surface area contributed by atoms with Crippen LogP contribution in [0.15, 0.2) is 24.3 Å². The third kappa shape index (κ3) is 4.44. The van der Waals surface area contributed by atoms with E-state index in [4.69, 9.17) is 10.6 Å². The molecule has 0 aliphatic heterocycles. The molecule has 1 aromatic rings. The molecule has 0 aliphatic rings. The number of rotatable bonds is 6. The van der Waals surface area contributed by atoms with Gasteiger partial charge in [0, 0.05) is 13.5 Å². The van der Waals surface area contributed by atoms with Gasteiger partial charge in [0.1, 0.15) is 5.75 Å². The molecule has 1 rings (SSSR count). The summed E-state index contributed by atoms with van der Waals surface area (Å²) in [6, 6.07) is 7.95. The highest BCUT2D eigenvalue weighted by atomic mass is 16.5. The average Bonchev–Trinajstić information content (AvgIpc) is 2.34. The molecule has 17 heavy (non-hydrogen) atoms. The van der Waals surface area contributed by atoms with E-state index in [1.165, 1.54) is 5.56 Å². The van der Waals surface area contributed by atoms with Crippen molar-refractivity contribution in [1.82, 2.24) is 5.01 Å². The van der Waals surface area contributed by atoms with Crippen molar-refractivity contribution in [1.29, 1.82) is 0 Å². The molecule has 0 unspecified atom stereocenters. The lowest BCUT2D eigenvalue weighted by molar-refractivity contribution is -0.130. The number of hydrogen-bond acceptors (Lipinski definition) is 3. The SMILES string of the molecule is COc1ccccc1CCCCC(=O)N(C)N. The Bertz CT molecular complexity index is 364. The number of carbonyl (C=O) groups is 1. The minimum atomic E-state index is -0.0231. The fourth-order valence-electron chi connectivity index (χ4n) is 1.68. The second-order valence-electron chi connectivity index (χ2n) is 4.02. The van der Waals surface area contributed by atoms with Crippen LogP contribution in [0.1, 0.15) is 24.8 Å². The lowest BCUT2D eigenvalue weighted by atomic mass is 10.1. The second-order valence-corrected chi connectivity index (χ2v) is 4.02. The van der Waals surface area contributed by atoms with E-state index in [1.54, 1.807) is 14.2 Å². The fourth-order valence-corrected chi connectivity index (χ4v) is 1.68. The van der Waals surface area contributed by atoms with E-state index in [0.717, 1.165) is 30.0 Å². The molecule has 0 spiro atoms. The van der Waals surface area contributed by atoms with Gasteiger partial charge in [-0.25, -0.2) is 5.84 Å². The summed E-state index contributed by atoms with van der Waals surface area (Å²) in [7, 11) is 3.24. The molecule has 94 valence electrons. The number of ether oxygens (including phenoxy) is 1. The third-order valence-corrected chi connectivity index (χ3v) is 2.67. The van der Waals surface area contributed by atoms with Crippen LogP contribution >= 0.6 is 0 Å². The molecule has 0 heterocycles. The molecular formula is C13H20N2O2. The molecule has 4 heteroatoms. The summed E-state index contributed by atoms with van der Waals surface area (Å²) in [6.07, 6.45) is 3.23. The molecule has 0 bridgehead atoms. The maximum atomic E-state index is 11.3. The van der Waals surface area contributed by atoms with Crippen LogP contribution in [0.25, 0.3) is 0 Å². The average molecular weight is 236 g/mol. The Kier molecular flexibility index (Phi) is 5.49. The lowest BCUT2D eigenvalue weighted by Gasteiger charge is -2.10. The van der Waals surface area contributed by atoms with E-state index in [0.29, 0.717) is 6.42 Å². The van der Waals surface area contributed by atoms with E-state index in [1.807, 2.05) is 18.2 Å². The predicted molar refractivity (Wildman–Crippen MR) is 67.5 cm³/mol.